The third-order valence-electron chi connectivity index (χ3n) is 6.98. The molecular formula is C54H73F3O17. The van der Waals surface area contributed by atoms with Crippen LogP contribution in [0.2, 0.25) is 0 Å². The Hall–Kier alpha value is -6.97. The van der Waals surface area contributed by atoms with Crippen LogP contribution in [0.4, 0.5) is 13.2 Å². The van der Waals surface area contributed by atoms with Gasteiger partial charge in [-0.2, -0.15) is 13.2 Å². The van der Waals surface area contributed by atoms with Crippen LogP contribution >= 0.6 is 0 Å². The van der Waals surface area contributed by atoms with Gasteiger partial charge in [0.1, 0.15) is 65.4 Å². The first-order chi connectivity index (χ1) is 34.8. The van der Waals surface area contributed by atoms with E-state index in [1.165, 1.54) is 81.3 Å². The van der Waals surface area contributed by atoms with Crippen molar-refractivity contribution in [1.82, 2.24) is 0 Å². The highest BCUT2D eigenvalue weighted by Gasteiger charge is 2.27. The number of fused-ring (bicyclic) bond motifs is 1. The molecule has 74 heavy (non-hydrogen) atoms. The zero-order valence-corrected chi connectivity index (χ0v) is 44.2. The SMILES string of the molecule is C=CCOC(C)=O.CC(=O)COCC(F)(F)F.CC(=O)COCc1ccccc1.CC(=O)COc1ccc2ccccc2c1.CC(=O)OCc1ccccc1.COC(C)=O.COCC(C)=O.COCOCC(C)=O. The van der Waals surface area contributed by atoms with Crippen molar-refractivity contribution in [3.8, 4) is 5.75 Å². The van der Waals surface area contributed by atoms with Crippen LogP contribution < -0.4 is 4.74 Å². The predicted molar refractivity (Wildman–Crippen MR) is 272 cm³/mol. The molecule has 4 rings (SSSR count). The second-order valence-electron chi connectivity index (χ2n) is 14.6. The van der Waals surface area contributed by atoms with Crippen LogP contribution in [-0.4, -0.2) is 127 Å². The topological polar surface area (TPSA) is 220 Å². The minimum Gasteiger partial charge on any atom is -0.486 e. The van der Waals surface area contributed by atoms with Gasteiger partial charge in [0.05, 0.1) is 13.7 Å². The summed E-state index contributed by atoms with van der Waals surface area (Å²) in [6, 6.07) is 33.3. The van der Waals surface area contributed by atoms with Crippen molar-refractivity contribution in [2.24, 2.45) is 0 Å². The molecule has 412 valence electrons. The minimum atomic E-state index is -4.34. The van der Waals surface area contributed by atoms with Gasteiger partial charge in [0.25, 0.3) is 0 Å². The summed E-state index contributed by atoms with van der Waals surface area (Å²) in [6.07, 6.45) is -2.81. The summed E-state index contributed by atoms with van der Waals surface area (Å²) in [7, 11) is 4.36. The zero-order chi connectivity index (χ0) is 57.2. The van der Waals surface area contributed by atoms with Gasteiger partial charge in [-0.25, -0.2) is 0 Å². The number of hydrogen-bond donors (Lipinski definition) is 0. The summed E-state index contributed by atoms with van der Waals surface area (Å²) in [5, 5.41) is 2.30. The summed E-state index contributed by atoms with van der Waals surface area (Å²) < 4.78 is 75.2. The van der Waals surface area contributed by atoms with Crippen LogP contribution in [-0.2, 0) is 89.5 Å². The second-order valence-corrected chi connectivity index (χ2v) is 14.6. The van der Waals surface area contributed by atoms with Crippen molar-refractivity contribution in [2.75, 3.05) is 74.4 Å². The maximum Gasteiger partial charge on any atom is 0.411 e. The fourth-order valence-electron chi connectivity index (χ4n) is 4.05. The summed E-state index contributed by atoms with van der Waals surface area (Å²) in [4.78, 5) is 81.3. The molecule has 4 aromatic carbocycles. The van der Waals surface area contributed by atoms with E-state index in [0.717, 1.165) is 29.2 Å². The Kier molecular flexibility index (Phi) is 49.3. The van der Waals surface area contributed by atoms with Gasteiger partial charge in [0.2, 0.25) is 0 Å². The number of methoxy groups -OCH3 is 3. The fraction of sp³-hybridized carbons (Fsp3) is 0.407. The number of ketones is 5. The molecule has 0 amide bonds. The first-order valence-electron chi connectivity index (χ1n) is 22.2. The first-order valence-corrected chi connectivity index (χ1v) is 22.2. The number of alkyl halides is 3. The maximum atomic E-state index is 11.3. The molecule has 20 heteroatoms. The number of carbonyl (C=O) groups is 8. The lowest BCUT2D eigenvalue weighted by Gasteiger charge is -2.04. The lowest BCUT2D eigenvalue weighted by atomic mass is 10.1. The Bertz CT molecular complexity index is 2150. The van der Waals surface area contributed by atoms with Crippen molar-refractivity contribution in [2.45, 2.75) is 74.8 Å². The van der Waals surface area contributed by atoms with Gasteiger partial charge < -0.3 is 42.6 Å². The monoisotopic (exact) mass is 1050 g/mol. The number of halogens is 3. The molecule has 0 aliphatic rings. The Balaban J connectivity index is -0.000000387. The van der Waals surface area contributed by atoms with Crippen molar-refractivity contribution in [1.29, 1.82) is 0 Å². The number of hydrogen-bond acceptors (Lipinski definition) is 17. The van der Waals surface area contributed by atoms with Gasteiger partial charge >= 0.3 is 24.1 Å². The van der Waals surface area contributed by atoms with E-state index >= 15 is 0 Å². The molecule has 0 saturated heterocycles. The first kappa shape index (κ1) is 73.6. The van der Waals surface area contributed by atoms with Gasteiger partial charge in [-0.1, -0.05) is 104 Å². The molecule has 4 aromatic rings. The summed E-state index contributed by atoms with van der Waals surface area (Å²) >= 11 is 0. The Morgan fingerprint density at radius 2 is 0.919 bits per heavy atom. The molecule has 17 nitrogen and oxygen atoms in total. The van der Waals surface area contributed by atoms with E-state index in [-0.39, 0.29) is 74.3 Å². The summed E-state index contributed by atoms with van der Waals surface area (Å²) in [5.74, 6) is -0.249. The molecule has 0 heterocycles. The number of benzene rings is 4. The second kappa shape index (κ2) is 49.6. The third kappa shape index (κ3) is 61.2. The quantitative estimate of drug-likeness (QED) is 0.0265. The maximum absolute atomic E-state index is 11.3. The number of rotatable bonds is 20. The van der Waals surface area contributed by atoms with Crippen LogP contribution in [0.25, 0.3) is 10.8 Å². The molecule has 0 bridgehead atoms. The molecule has 0 radical (unpaired) electrons. The lowest BCUT2D eigenvalue weighted by Crippen LogP contribution is -2.19. The van der Waals surface area contributed by atoms with Crippen molar-refractivity contribution < 1.29 is 94.2 Å². The number of Topliss-reactive ketones (excluding diaryl/α,β-unsaturated/α-hetero) is 5. The Morgan fingerprint density at radius 1 is 0.486 bits per heavy atom. The van der Waals surface area contributed by atoms with Crippen LogP contribution in [0.5, 0.6) is 5.75 Å². The highest BCUT2D eigenvalue weighted by atomic mass is 19.4. The van der Waals surface area contributed by atoms with Crippen LogP contribution in [0.15, 0.2) is 116 Å². The highest BCUT2D eigenvalue weighted by Crippen LogP contribution is 2.20. The molecule has 0 saturated carbocycles. The molecule has 0 atom stereocenters. The van der Waals surface area contributed by atoms with Gasteiger partial charge in [-0.15, -0.1) is 0 Å². The molecule has 0 N–H and O–H groups in total. The van der Waals surface area contributed by atoms with E-state index in [1.807, 2.05) is 103 Å². The van der Waals surface area contributed by atoms with E-state index in [0.29, 0.717) is 19.8 Å². The van der Waals surface area contributed by atoms with Crippen molar-refractivity contribution in [3.05, 3.63) is 127 Å². The summed E-state index contributed by atoms with van der Waals surface area (Å²) in [6.45, 7) is 14.9. The van der Waals surface area contributed by atoms with Gasteiger partial charge in [-0.3, -0.25) is 38.4 Å². The number of ether oxygens (including phenoxy) is 9. The normalized spacial score (nSPS) is 9.43. The third-order valence-corrected chi connectivity index (χ3v) is 6.98. The van der Waals surface area contributed by atoms with Gasteiger partial charge in [0.15, 0.2) is 28.9 Å². The van der Waals surface area contributed by atoms with Crippen LogP contribution in [0, 0.1) is 0 Å². The molecule has 0 fully saturated rings. The molecule has 0 aromatic heterocycles. The number of carbonyl (C=O) groups excluding carboxylic acids is 8. The average molecular weight is 1050 g/mol. The minimum absolute atomic E-state index is 0.0158. The fourth-order valence-corrected chi connectivity index (χ4v) is 4.05. The van der Waals surface area contributed by atoms with E-state index in [2.05, 4.69) is 35.0 Å². The average Bonchev–Trinajstić information content (AvgIpc) is 3.33. The Labute approximate surface area is 432 Å². The molecule has 0 aliphatic heterocycles. The van der Waals surface area contributed by atoms with Crippen LogP contribution in [0.3, 0.4) is 0 Å². The molecule has 0 unspecified atom stereocenters. The van der Waals surface area contributed by atoms with E-state index in [1.54, 1.807) is 0 Å². The van der Waals surface area contributed by atoms with Gasteiger partial charge in [0, 0.05) is 35.0 Å². The lowest BCUT2D eigenvalue weighted by molar-refractivity contribution is -0.175. The molecule has 0 spiro atoms. The van der Waals surface area contributed by atoms with Crippen molar-refractivity contribution in [3.63, 3.8) is 0 Å². The number of esters is 3. The van der Waals surface area contributed by atoms with Crippen molar-refractivity contribution >= 4 is 57.6 Å². The molecular weight excluding hydrogens is 978 g/mol. The smallest absolute Gasteiger partial charge is 0.411 e. The van der Waals surface area contributed by atoms with Crippen LogP contribution in [0.1, 0.15) is 66.5 Å². The van der Waals surface area contributed by atoms with E-state index in [4.69, 9.17) is 14.2 Å². The van der Waals surface area contributed by atoms with Gasteiger partial charge in [-0.05, 0) is 68.7 Å². The Morgan fingerprint density at radius 3 is 1.30 bits per heavy atom. The van der Waals surface area contributed by atoms with E-state index in [9.17, 15) is 51.5 Å². The predicted octanol–water partition coefficient (Wildman–Crippen LogP) is 8.84. The molecule has 0 aliphatic carbocycles. The highest BCUT2D eigenvalue weighted by molar-refractivity contribution is 5.84. The summed E-state index contributed by atoms with van der Waals surface area (Å²) in [5.41, 5.74) is 2.11. The van der Waals surface area contributed by atoms with E-state index < -0.39 is 25.2 Å². The standard InChI is InChI=1S/C13H12O2.C10H12O2.C9H10O2.C5H7F3O2.C5H10O3.C5H8O2.C4H8O2.C3H6O2/c1-10(14)9-15-13-7-6-11-4-2-3-5-12(11)8-13;1-9(11)7-12-8-10-5-3-2-4-6-10;1-8(10)11-7-9-5-3-2-4-6-9;1-4(9)2-10-3-5(6,7)8;1-5(6)3-8-4-7-2;1-3-4-7-5(2)6;1-4(5)3-6-2;1-3(4)5-2/h2-8H,9H2,1H3;2-6H,7-8H2,1H3;2-6H,7H2,1H3;2-3H2,1H3;3-4H2,1-2H3;3H,1,4H2,2H3;3H2,1-2H3;1-2H3. The largest absolute Gasteiger partial charge is 0.486 e. The zero-order valence-electron chi connectivity index (χ0n) is 44.2.